The molecular weight excluding hydrogens is 168 g/mol. The van der Waals surface area contributed by atoms with Crippen LogP contribution in [-0.2, 0) is 4.74 Å². The second kappa shape index (κ2) is 3.54. The lowest BCUT2D eigenvalue weighted by Crippen LogP contribution is -2.47. The number of carbonyl (C=O) groups excluding carboxylic acids is 1. The van der Waals surface area contributed by atoms with E-state index in [1.54, 1.807) is 4.90 Å². The van der Waals surface area contributed by atoms with E-state index in [-0.39, 0.29) is 11.6 Å². The van der Waals surface area contributed by atoms with Crippen LogP contribution in [0.2, 0.25) is 0 Å². The monoisotopic (exact) mass is 186 g/mol. The summed E-state index contributed by atoms with van der Waals surface area (Å²) < 4.78 is 4.71. The van der Waals surface area contributed by atoms with Crippen LogP contribution >= 0.6 is 0 Å². The Balaban J connectivity index is 2.75. The van der Waals surface area contributed by atoms with Crippen LogP contribution in [0.15, 0.2) is 0 Å². The average Bonchev–Trinajstić information content (AvgIpc) is 2.39. The molecule has 1 unspecified atom stereocenters. The van der Waals surface area contributed by atoms with Gasteiger partial charge in [-0.15, -0.1) is 0 Å². The summed E-state index contributed by atoms with van der Waals surface area (Å²) in [6.07, 6.45) is 0.722. The zero-order chi connectivity index (χ0) is 10.1. The third-order valence-corrected chi connectivity index (χ3v) is 3.08. The molecule has 0 saturated carbocycles. The zero-order valence-electron chi connectivity index (χ0n) is 8.54. The molecular formula is C9H18N2O2. The fraction of sp³-hybridized carbons (Fsp3) is 0.889. The first kappa shape index (κ1) is 10.3. The number of amides is 1. The van der Waals surface area contributed by atoms with Crippen molar-refractivity contribution in [3.63, 3.8) is 0 Å². The van der Waals surface area contributed by atoms with E-state index >= 15 is 0 Å². The molecule has 4 heteroatoms. The average molecular weight is 186 g/mol. The van der Waals surface area contributed by atoms with E-state index in [2.05, 4.69) is 0 Å². The second-order valence-electron chi connectivity index (χ2n) is 4.00. The van der Waals surface area contributed by atoms with E-state index < -0.39 is 0 Å². The smallest absolute Gasteiger partial charge is 0.409 e. The Morgan fingerprint density at radius 3 is 2.69 bits per heavy atom. The van der Waals surface area contributed by atoms with Crippen molar-refractivity contribution in [2.45, 2.75) is 25.8 Å². The van der Waals surface area contributed by atoms with E-state index in [9.17, 15) is 4.79 Å². The lowest BCUT2D eigenvalue weighted by atomic mass is 9.89. The number of methoxy groups -OCH3 is 1. The van der Waals surface area contributed by atoms with Crippen molar-refractivity contribution in [3.8, 4) is 0 Å². The highest BCUT2D eigenvalue weighted by atomic mass is 16.5. The van der Waals surface area contributed by atoms with Crippen LogP contribution in [-0.4, -0.2) is 36.7 Å². The van der Waals surface area contributed by atoms with Gasteiger partial charge >= 0.3 is 6.09 Å². The van der Waals surface area contributed by atoms with Crippen molar-refractivity contribution in [3.05, 3.63) is 0 Å². The third-order valence-electron chi connectivity index (χ3n) is 3.08. The summed E-state index contributed by atoms with van der Waals surface area (Å²) in [5.74, 6) is 0.381. The lowest BCUT2D eigenvalue weighted by molar-refractivity contribution is 0.0879. The standard InChI is InChI=1S/C9H18N2O2/c1-9(2)7(6-10)4-5-11(9)8(12)13-3/h7H,4-6,10H2,1-3H3. The highest BCUT2D eigenvalue weighted by Crippen LogP contribution is 2.33. The molecule has 0 aromatic heterocycles. The van der Waals surface area contributed by atoms with Crippen LogP contribution in [0.3, 0.4) is 0 Å². The van der Waals surface area contributed by atoms with E-state index in [1.165, 1.54) is 7.11 Å². The fourth-order valence-corrected chi connectivity index (χ4v) is 1.99. The van der Waals surface area contributed by atoms with Crippen molar-refractivity contribution in [2.75, 3.05) is 20.2 Å². The number of hydrogen-bond donors (Lipinski definition) is 1. The molecule has 1 saturated heterocycles. The highest BCUT2D eigenvalue weighted by Gasteiger charge is 2.43. The predicted molar refractivity (Wildman–Crippen MR) is 50.4 cm³/mol. The van der Waals surface area contributed by atoms with Crippen molar-refractivity contribution >= 4 is 6.09 Å². The van der Waals surface area contributed by atoms with Crippen LogP contribution in [0.1, 0.15) is 20.3 Å². The zero-order valence-corrected chi connectivity index (χ0v) is 8.54. The molecule has 0 aromatic rings. The number of nitrogens with zero attached hydrogens (tertiary/aromatic N) is 1. The molecule has 1 aliphatic heterocycles. The Morgan fingerprint density at radius 2 is 2.31 bits per heavy atom. The molecule has 1 heterocycles. The first-order valence-electron chi connectivity index (χ1n) is 4.59. The third kappa shape index (κ3) is 1.63. The van der Waals surface area contributed by atoms with Gasteiger partial charge in [0.25, 0.3) is 0 Å². The minimum atomic E-state index is -0.249. The predicted octanol–water partition coefficient (Wildman–Crippen LogP) is 0.812. The molecule has 13 heavy (non-hydrogen) atoms. The van der Waals surface area contributed by atoms with Crippen LogP contribution < -0.4 is 5.73 Å². The molecule has 1 atom stereocenters. The summed E-state index contributed by atoms with van der Waals surface area (Å²) in [7, 11) is 1.41. The normalized spacial score (nSPS) is 26.2. The summed E-state index contributed by atoms with van der Waals surface area (Å²) in [6, 6.07) is 0. The Bertz CT molecular complexity index is 204. The maximum Gasteiger partial charge on any atom is 0.409 e. The van der Waals surface area contributed by atoms with E-state index in [0.29, 0.717) is 12.5 Å². The molecule has 1 amide bonds. The number of hydrogen-bond acceptors (Lipinski definition) is 3. The van der Waals surface area contributed by atoms with Gasteiger partial charge in [-0.1, -0.05) is 0 Å². The number of carbonyl (C=O) groups is 1. The molecule has 0 radical (unpaired) electrons. The summed E-state index contributed by atoms with van der Waals surface area (Å²) in [5, 5.41) is 0. The largest absolute Gasteiger partial charge is 0.453 e. The van der Waals surface area contributed by atoms with Gasteiger partial charge in [0.1, 0.15) is 0 Å². The lowest BCUT2D eigenvalue weighted by Gasteiger charge is -2.34. The number of nitrogens with two attached hydrogens (primary N) is 1. The van der Waals surface area contributed by atoms with E-state index in [1.807, 2.05) is 13.8 Å². The second-order valence-corrected chi connectivity index (χ2v) is 4.00. The Kier molecular flexibility index (Phi) is 2.81. The first-order valence-corrected chi connectivity index (χ1v) is 4.59. The molecule has 1 rings (SSSR count). The Morgan fingerprint density at radius 1 is 1.69 bits per heavy atom. The van der Waals surface area contributed by atoms with Crippen molar-refractivity contribution in [2.24, 2.45) is 11.7 Å². The number of rotatable bonds is 1. The molecule has 0 aliphatic carbocycles. The minimum Gasteiger partial charge on any atom is -0.453 e. The first-order chi connectivity index (χ1) is 6.04. The van der Waals surface area contributed by atoms with Gasteiger partial charge in [0.15, 0.2) is 0 Å². The van der Waals surface area contributed by atoms with E-state index in [4.69, 9.17) is 10.5 Å². The van der Waals surface area contributed by atoms with Gasteiger partial charge in [-0.25, -0.2) is 4.79 Å². The Hall–Kier alpha value is -0.770. The molecule has 0 spiro atoms. The molecule has 0 bridgehead atoms. The molecule has 76 valence electrons. The highest BCUT2D eigenvalue weighted by molar-refractivity contribution is 5.69. The maximum absolute atomic E-state index is 11.4. The Labute approximate surface area is 79.0 Å². The molecule has 1 fully saturated rings. The van der Waals surface area contributed by atoms with Crippen molar-refractivity contribution < 1.29 is 9.53 Å². The van der Waals surface area contributed by atoms with Gasteiger partial charge in [0.2, 0.25) is 0 Å². The number of likely N-dealkylation sites (tertiary alicyclic amines) is 1. The van der Waals surface area contributed by atoms with Crippen LogP contribution in [0.5, 0.6) is 0 Å². The summed E-state index contributed by atoms with van der Waals surface area (Å²) in [5.41, 5.74) is 5.47. The SMILES string of the molecule is COC(=O)N1CCC(CN)C1(C)C. The minimum absolute atomic E-state index is 0.165. The summed E-state index contributed by atoms with van der Waals surface area (Å²) in [6.45, 7) is 5.45. The summed E-state index contributed by atoms with van der Waals surface area (Å²) >= 11 is 0. The number of ether oxygens (including phenoxy) is 1. The molecule has 2 N–H and O–H groups in total. The topological polar surface area (TPSA) is 55.6 Å². The van der Waals surface area contributed by atoms with Gasteiger partial charge in [-0.3, -0.25) is 0 Å². The summed E-state index contributed by atoms with van der Waals surface area (Å²) in [4.78, 5) is 13.1. The van der Waals surface area contributed by atoms with Gasteiger partial charge < -0.3 is 15.4 Å². The van der Waals surface area contributed by atoms with E-state index in [0.717, 1.165) is 13.0 Å². The van der Waals surface area contributed by atoms with Gasteiger partial charge in [-0.2, -0.15) is 0 Å². The molecule has 4 nitrogen and oxygen atoms in total. The van der Waals surface area contributed by atoms with Crippen molar-refractivity contribution in [1.29, 1.82) is 0 Å². The van der Waals surface area contributed by atoms with Crippen LogP contribution in [0, 0.1) is 5.92 Å². The van der Waals surface area contributed by atoms with Gasteiger partial charge in [0.05, 0.1) is 7.11 Å². The van der Waals surface area contributed by atoms with Crippen LogP contribution in [0.25, 0.3) is 0 Å². The van der Waals surface area contributed by atoms with Gasteiger partial charge in [0, 0.05) is 12.1 Å². The quantitative estimate of drug-likeness (QED) is 0.659. The van der Waals surface area contributed by atoms with Crippen LogP contribution in [0.4, 0.5) is 4.79 Å². The molecule has 1 aliphatic rings. The maximum atomic E-state index is 11.4. The fourth-order valence-electron chi connectivity index (χ4n) is 1.99. The van der Waals surface area contributed by atoms with Gasteiger partial charge in [-0.05, 0) is 32.7 Å². The molecule has 0 aromatic carbocycles. The van der Waals surface area contributed by atoms with Crippen molar-refractivity contribution in [1.82, 2.24) is 4.90 Å².